The second kappa shape index (κ2) is 6.63. The molecule has 5 nitrogen and oxygen atoms in total. The van der Waals surface area contributed by atoms with Gasteiger partial charge in [0.1, 0.15) is 0 Å². The fraction of sp³-hybridized carbons (Fsp3) is 0. The predicted octanol–water partition coefficient (Wildman–Crippen LogP) is 3.34. The van der Waals surface area contributed by atoms with E-state index in [1.54, 1.807) is 18.3 Å². The molecule has 0 saturated carbocycles. The van der Waals surface area contributed by atoms with E-state index in [1.807, 2.05) is 24.3 Å². The first-order chi connectivity index (χ1) is 9.66. The summed E-state index contributed by atoms with van der Waals surface area (Å²) in [5, 5.41) is 18.3. The smallest absolute Gasteiger partial charge is 0.258 e. The summed E-state index contributed by atoms with van der Waals surface area (Å²) in [6.07, 6.45) is 3.13. The van der Waals surface area contributed by atoms with Gasteiger partial charge in [-0.2, -0.15) is 10.2 Å². The van der Waals surface area contributed by atoms with Gasteiger partial charge in [0, 0.05) is 22.6 Å². The topological polar surface area (TPSA) is 67.9 Å². The normalized spacial score (nSPS) is 11.2. The quantitative estimate of drug-likeness (QED) is 0.405. The zero-order valence-electron chi connectivity index (χ0n) is 10.4. The van der Waals surface area contributed by atoms with Gasteiger partial charge >= 0.3 is 0 Å². The molecular weight excluding hydrogens is 274 g/mol. The summed E-state index contributed by atoms with van der Waals surface area (Å²) in [4.78, 5) is 10.9. The molecule has 0 aliphatic rings. The highest BCUT2D eigenvalue weighted by molar-refractivity contribution is 7.80. The maximum Gasteiger partial charge on any atom is 0.269 e. The van der Waals surface area contributed by atoms with Crippen molar-refractivity contribution < 1.29 is 4.92 Å². The monoisotopic (exact) mass is 285 g/mol. The van der Waals surface area contributed by atoms with E-state index in [0.717, 1.165) is 16.0 Å². The molecule has 0 bridgehead atoms. The zero-order valence-corrected chi connectivity index (χ0v) is 11.3. The lowest BCUT2D eigenvalue weighted by atomic mass is 10.2. The van der Waals surface area contributed by atoms with Gasteiger partial charge in [-0.05, 0) is 23.8 Å². The highest BCUT2D eigenvalue weighted by Crippen LogP contribution is 2.11. The number of nitro benzene ring substituents is 1. The largest absolute Gasteiger partial charge is 0.269 e. The first-order valence-corrected chi connectivity index (χ1v) is 6.20. The lowest BCUT2D eigenvalue weighted by Crippen LogP contribution is -1.88. The number of hydrogen-bond donors (Lipinski definition) is 1. The van der Waals surface area contributed by atoms with Crippen molar-refractivity contribution in [1.82, 2.24) is 0 Å². The maximum absolute atomic E-state index is 10.5. The molecule has 0 aliphatic carbocycles. The van der Waals surface area contributed by atoms with Gasteiger partial charge in [-0.25, -0.2) is 0 Å². The van der Waals surface area contributed by atoms with Gasteiger partial charge in [-0.15, -0.1) is 12.6 Å². The number of hydrogen-bond acceptors (Lipinski definition) is 5. The fourth-order valence-electron chi connectivity index (χ4n) is 1.47. The van der Waals surface area contributed by atoms with Gasteiger partial charge in [-0.1, -0.05) is 18.2 Å². The molecule has 0 heterocycles. The Morgan fingerprint density at radius 1 is 1.00 bits per heavy atom. The van der Waals surface area contributed by atoms with Crippen LogP contribution in [0.3, 0.4) is 0 Å². The lowest BCUT2D eigenvalue weighted by molar-refractivity contribution is -0.384. The third kappa shape index (κ3) is 3.76. The summed E-state index contributed by atoms with van der Waals surface area (Å²) in [5.74, 6) is 0. The molecule has 20 heavy (non-hydrogen) atoms. The average molecular weight is 285 g/mol. The molecular formula is C14H11N3O2S. The van der Waals surface area contributed by atoms with E-state index < -0.39 is 4.92 Å². The van der Waals surface area contributed by atoms with E-state index >= 15 is 0 Å². The Kier molecular flexibility index (Phi) is 4.62. The van der Waals surface area contributed by atoms with Gasteiger partial charge in [0.2, 0.25) is 0 Å². The summed E-state index contributed by atoms with van der Waals surface area (Å²) in [6, 6.07) is 13.6. The molecule has 0 atom stereocenters. The first kappa shape index (κ1) is 14.0. The Labute approximate surface area is 121 Å². The molecule has 100 valence electrons. The van der Waals surface area contributed by atoms with E-state index in [2.05, 4.69) is 22.8 Å². The molecule has 0 radical (unpaired) electrons. The van der Waals surface area contributed by atoms with Crippen LogP contribution in [0, 0.1) is 10.1 Å². The van der Waals surface area contributed by atoms with E-state index in [4.69, 9.17) is 0 Å². The van der Waals surface area contributed by atoms with Crippen LogP contribution in [0.2, 0.25) is 0 Å². The van der Waals surface area contributed by atoms with Crippen LogP contribution in [0.4, 0.5) is 5.69 Å². The van der Waals surface area contributed by atoms with Crippen LogP contribution in [0.25, 0.3) is 0 Å². The van der Waals surface area contributed by atoms with Crippen LogP contribution in [-0.2, 0) is 0 Å². The van der Waals surface area contributed by atoms with Gasteiger partial charge in [0.05, 0.1) is 17.4 Å². The SMILES string of the molecule is O=[N+]([O-])c1ccc(/C=N/N=C/c2ccccc2S)cc1. The van der Waals surface area contributed by atoms with Crippen LogP contribution in [-0.4, -0.2) is 17.4 Å². The summed E-state index contributed by atoms with van der Waals surface area (Å²) in [6.45, 7) is 0. The van der Waals surface area contributed by atoms with Gasteiger partial charge in [0.15, 0.2) is 0 Å². The van der Waals surface area contributed by atoms with Crippen molar-refractivity contribution in [2.24, 2.45) is 10.2 Å². The third-order valence-corrected chi connectivity index (χ3v) is 2.92. The van der Waals surface area contributed by atoms with Crippen molar-refractivity contribution >= 4 is 30.7 Å². The minimum atomic E-state index is -0.442. The minimum absolute atomic E-state index is 0.0506. The van der Waals surface area contributed by atoms with Crippen LogP contribution >= 0.6 is 12.6 Å². The van der Waals surface area contributed by atoms with Crippen molar-refractivity contribution in [1.29, 1.82) is 0 Å². The number of thiol groups is 1. The summed E-state index contributed by atoms with van der Waals surface area (Å²) < 4.78 is 0. The van der Waals surface area contributed by atoms with Gasteiger partial charge in [0.25, 0.3) is 5.69 Å². The van der Waals surface area contributed by atoms with E-state index in [0.29, 0.717) is 0 Å². The maximum atomic E-state index is 10.5. The highest BCUT2D eigenvalue weighted by Gasteiger charge is 2.02. The van der Waals surface area contributed by atoms with Crippen LogP contribution in [0.15, 0.2) is 63.6 Å². The molecule has 6 heteroatoms. The Hall–Kier alpha value is -2.47. The van der Waals surface area contributed by atoms with Crippen molar-refractivity contribution in [2.75, 3.05) is 0 Å². The standard InChI is InChI=1S/C14H11N3O2S/c18-17(19)13-7-5-11(6-8-13)9-15-16-10-12-3-1-2-4-14(12)20/h1-10,20H/b15-9+,16-10+. The zero-order chi connectivity index (χ0) is 14.4. The molecule has 0 amide bonds. The minimum Gasteiger partial charge on any atom is -0.258 e. The number of nitrogens with zero attached hydrogens (tertiary/aromatic N) is 3. The molecule has 2 aromatic rings. The fourth-order valence-corrected chi connectivity index (χ4v) is 1.69. The van der Waals surface area contributed by atoms with Crippen LogP contribution in [0.5, 0.6) is 0 Å². The second-order valence-electron chi connectivity index (χ2n) is 3.90. The molecule has 2 aromatic carbocycles. The van der Waals surface area contributed by atoms with Gasteiger partial charge < -0.3 is 0 Å². The predicted molar refractivity (Wildman–Crippen MR) is 82.0 cm³/mol. The van der Waals surface area contributed by atoms with E-state index in [1.165, 1.54) is 18.3 Å². The number of nitro groups is 1. The molecule has 0 spiro atoms. The Bertz CT molecular complexity index is 666. The van der Waals surface area contributed by atoms with Crippen molar-refractivity contribution in [3.63, 3.8) is 0 Å². The third-order valence-electron chi connectivity index (χ3n) is 2.51. The number of benzene rings is 2. The van der Waals surface area contributed by atoms with E-state index in [-0.39, 0.29) is 5.69 Å². The summed E-state index contributed by atoms with van der Waals surface area (Å²) in [5.41, 5.74) is 1.67. The Morgan fingerprint density at radius 3 is 2.30 bits per heavy atom. The summed E-state index contributed by atoms with van der Waals surface area (Å²) in [7, 11) is 0. The molecule has 0 aromatic heterocycles. The Balaban J connectivity index is 2.03. The molecule has 0 unspecified atom stereocenters. The van der Waals surface area contributed by atoms with E-state index in [9.17, 15) is 10.1 Å². The van der Waals surface area contributed by atoms with Crippen molar-refractivity contribution in [3.8, 4) is 0 Å². The first-order valence-electron chi connectivity index (χ1n) is 5.75. The average Bonchev–Trinajstić information content (AvgIpc) is 2.46. The van der Waals surface area contributed by atoms with Crippen molar-refractivity contribution in [2.45, 2.75) is 4.90 Å². The van der Waals surface area contributed by atoms with Crippen LogP contribution < -0.4 is 0 Å². The molecule has 2 rings (SSSR count). The van der Waals surface area contributed by atoms with Gasteiger partial charge in [-0.3, -0.25) is 10.1 Å². The lowest BCUT2D eigenvalue weighted by Gasteiger charge is -1.95. The summed E-state index contributed by atoms with van der Waals surface area (Å²) >= 11 is 4.29. The molecule has 0 fully saturated rings. The molecule has 0 saturated heterocycles. The number of rotatable bonds is 4. The molecule has 0 aliphatic heterocycles. The number of non-ortho nitro benzene ring substituents is 1. The highest BCUT2D eigenvalue weighted by atomic mass is 32.1. The molecule has 0 N–H and O–H groups in total. The van der Waals surface area contributed by atoms with Crippen molar-refractivity contribution in [3.05, 3.63) is 69.8 Å². The van der Waals surface area contributed by atoms with Crippen LogP contribution in [0.1, 0.15) is 11.1 Å². The Morgan fingerprint density at radius 2 is 1.65 bits per heavy atom. The second-order valence-corrected chi connectivity index (χ2v) is 4.38.